The molecular formula is C12H11BrN2O2S. The molecule has 1 N–H and O–H groups in total. The van der Waals surface area contributed by atoms with Crippen molar-refractivity contribution in [1.29, 1.82) is 0 Å². The van der Waals surface area contributed by atoms with Crippen molar-refractivity contribution < 1.29 is 9.53 Å². The van der Waals surface area contributed by atoms with E-state index >= 15 is 0 Å². The van der Waals surface area contributed by atoms with Crippen molar-refractivity contribution in [2.75, 3.05) is 11.9 Å². The number of nitrogens with one attached hydrogen (secondary N) is 1. The van der Waals surface area contributed by atoms with Crippen molar-refractivity contribution in [3.8, 4) is 5.75 Å². The van der Waals surface area contributed by atoms with Crippen molar-refractivity contribution in [3.63, 3.8) is 0 Å². The van der Waals surface area contributed by atoms with Gasteiger partial charge in [-0.1, -0.05) is 12.1 Å². The maximum absolute atomic E-state index is 11.6. The molecular weight excluding hydrogens is 316 g/mol. The molecule has 0 bridgehead atoms. The van der Waals surface area contributed by atoms with Crippen LogP contribution in [-0.2, 0) is 4.79 Å². The van der Waals surface area contributed by atoms with E-state index in [0.29, 0.717) is 10.9 Å². The minimum atomic E-state index is -0.222. The van der Waals surface area contributed by atoms with E-state index in [9.17, 15) is 4.79 Å². The number of hydrogen-bond donors (Lipinski definition) is 1. The molecule has 4 nitrogen and oxygen atoms in total. The first-order valence-electron chi connectivity index (χ1n) is 5.25. The third-order valence-corrected chi connectivity index (χ3v) is 3.55. The summed E-state index contributed by atoms with van der Waals surface area (Å²) in [6, 6.07) is 7.39. The number of benzene rings is 1. The Morgan fingerprint density at radius 3 is 2.94 bits per heavy atom. The molecule has 1 aromatic carbocycles. The number of nitrogens with zero attached hydrogens (tertiary/aromatic N) is 1. The Labute approximate surface area is 117 Å². The molecule has 2 aromatic rings. The predicted molar refractivity (Wildman–Crippen MR) is 75.1 cm³/mol. The monoisotopic (exact) mass is 326 g/mol. The molecule has 1 aromatic heterocycles. The van der Waals surface area contributed by atoms with E-state index in [1.54, 1.807) is 12.3 Å². The Kier molecular flexibility index (Phi) is 4.33. The van der Waals surface area contributed by atoms with Crippen molar-refractivity contribution in [3.05, 3.63) is 39.8 Å². The molecule has 1 amide bonds. The smallest absolute Gasteiger partial charge is 0.264 e. The van der Waals surface area contributed by atoms with E-state index in [0.717, 1.165) is 9.35 Å². The highest BCUT2D eigenvalue weighted by molar-refractivity contribution is 9.10. The average molecular weight is 327 g/mol. The number of amides is 1. The second-order valence-electron chi connectivity index (χ2n) is 3.54. The number of hydrogen-bond acceptors (Lipinski definition) is 4. The van der Waals surface area contributed by atoms with Crippen LogP contribution in [0.2, 0.25) is 0 Å². The van der Waals surface area contributed by atoms with Gasteiger partial charge >= 0.3 is 0 Å². The minimum absolute atomic E-state index is 0.0404. The first-order valence-corrected chi connectivity index (χ1v) is 6.86. The van der Waals surface area contributed by atoms with Gasteiger partial charge in [-0.15, -0.1) is 11.3 Å². The zero-order chi connectivity index (χ0) is 13.0. The summed E-state index contributed by atoms with van der Waals surface area (Å²) >= 11 is 4.78. The number of thiazole rings is 1. The van der Waals surface area contributed by atoms with E-state index in [2.05, 4.69) is 26.2 Å². The largest absolute Gasteiger partial charge is 0.483 e. The first kappa shape index (κ1) is 13.0. The van der Waals surface area contributed by atoms with E-state index in [1.165, 1.54) is 11.3 Å². The number of halogens is 1. The number of ether oxygens (including phenoxy) is 1. The van der Waals surface area contributed by atoms with Gasteiger partial charge in [-0.05, 0) is 35.0 Å². The third-order valence-electron chi connectivity index (χ3n) is 2.06. The first-order chi connectivity index (χ1) is 8.65. The van der Waals surface area contributed by atoms with Crippen LogP contribution in [0, 0.1) is 6.92 Å². The van der Waals surface area contributed by atoms with Crippen LogP contribution in [0.25, 0.3) is 0 Å². The number of anilines is 1. The standard InChI is InChI=1S/C12H11BrN2O2S/c1-8-6-14-12(18-8)15-11(16)7-17-10-5-3-2-4-9(10)13/h2-6H,7H2,1H3,(H,14,15,16). The average Bonchev–Trinajstić information content (AvgIpc) is 2.74. The molecule has 1 heterocycles. The zero-order valence-corrected chi connectivity index (χ0v) is 12.0. The van der Waals surface area contributed by atoms with Gasteiger partial charge in [0.15, 0.2) is 11.7 Å². The highest BCUT2D eigenvalue weighted by Gasteiger charge is 2.07. The summed E-state index contributed by atoms with van der Waals surface area (Å²) in [6.07, 6.45) is 1.72. The van der Waals surface area contributed by atoms with Gasteiger partial charge in [0, 0.05) is 11.1 Å². The molecule has 6 heteroatoms. The molecule has 0 aliphatic heterocycles. The van der Waals surface area contributed by atoms with E-state index in [4.69, 9.17) is 4.74 Å². The fourth-order valence-corrected chi connectivity index (χ4v) is 2.35. The molecule has 0 unspecified atom stereocenters. The highest BCUT2D eigenvalue weighted by atomic mass is 79.9. The second kappa shape index (κ2) is 5.97. The molecule has 0 spiro atoms. The zero-order valence-electron chi connectivity index (χ0n) is 9.64. The van der Waals surface area contributed by atoms with E-state index in [1.807, 2.05) is 25.1 Å². The van der Waals surface area contributed by atoms with Gasteiger partial charge in [0.2, 0.25) is 0 Å². The number of aryl methyl sites for hydroxylation is 1. The lowest BCUT2D eigenvalue weighted by Crippen LogP contribution is -2.20. The lowest BCUT2D eigenvalue weighted by Gasteiger charge is -2.07. The highest BCUT2D eigenvalue weighted by Crippen LogP contribution is 2.23. The Hall–Kier alpha value is -1.40. The molecule has 2 rings (SSSR count). The molecule has 0 aliphatic carbocycles. The van der Waals surface area contributed by atoms with Crippen molar-refractivity contribution in [2.45, 2.75) is 6.92 Å². The summed E-state index contributed by atoms with van der Waals surface area (Å²) in [5, 5.41) is 3.27. The maximum Gasteiger partial charge on any atom is 0.264 e. The van der Waals surface area contributed by atoms with Crippen LogP contribution < -0.4 is 10.1 Å². The van der Waals surface area contributed by atoms with E-state index < -0.39 is 0 Å². The van der Waals surface area contributed by atoms with Crippen LogP contribution in [-0.4, -0.2) is 17.5 Å². The molecule has 0 saturated carbocycles. The Bertz CT molecular complexity index is 557. The lowest BCUT2D eigenvalue weighted by molar-refractivity contribution is -0.118. The molecule has 0 saturated heterocycles. The maximum atomic E-state index is 11.6. The molecule has 0 atom stereocenters. The van der Waals surface area contributed by atoms with Gasteiger partial charge in [-0.2, -0.15) is 0 Å². The Morgan fingerprint density at radius 2 is 2.28 bits per heavy atom. The fraction of sp³-hybridized carbons (Fsp3) is 0.167. The number of rotatable bonds is 4. The van der Waals surface area contributed by atoms with Crippen LogP contribution in [0.5, 0.6) is 5.75 Å². The Balaban J connectivity index is 1.87. The second-order valence-corrected chi connectivity index (χ2v) is 5.63. The minimum Gasteiger partial charge on any atom is -0.483 e. The molecule has 94 valence electrons. The molecule has 18 heavy (non-hydrogen) atoms. The molecule has 0 fully saturated rings. The van der Waals surface area contributed by atoms with E-state index in [-0.39, 0.29) is 12.5 Å². The number of aromatic nitrogens is 1. The third kappa shape index (κ3) is 3.54. The normalized spacial score (nSPS) is 10.1. The lowest BCUT2D eigenvalue weighted by atomic mass is 10.3. The summed E-state index contributed by atoms with van der Waals surface area (Å²) in [4.78, 5) is 16.7. The van der Waals surface area contributed by atoms with Crippen LogP contribution in [0.4, 0.5) is 5.13 Å². The van der Waals surface area contributed by atoms with Gasteiger partial charge in [0.25, 0.3) is 5.91 Å². The molecule has 0 radical (unpaired) electrons. The summed E-state index contributed by atoms with van der Waals surface area (Å²) in [5.74, 6) is 0.420. The van der Waals surface area contributed by atoms with Crippen molar-refractivity contribution in [2.24, 2.45) is 0 Å². The van der Waals surface area contributed by atoms with Crippen LogP contribution >= 0.6 is 27.3 Å². The SMILES string of the molecule is Cc1cnc(NC(=O)COc2ccccc2Br)s1. The van der Waals surface area contributed by atoms with Gasteiger partial charge in [0.1, 0.15) is 5.75 Å². The summed E-state index contributed by atoms with van der Waals surface area (Å²) in [6.45, 7) is 1.89. The summed E-state index contributed by atoms with van der Waals surface area (Å²) in [5.41, 5.74) is 0. The summed E-state index contributed by atoms with van der Waals surface area (Å²) in [7, 11) is 0. The topological polar surface area (TPSA) is 51.2 Å². The van der Waals surface area contributed by atoms with Gasteiger partial charge in [0.05, 0.1) is 4.47 Å². The molecule has 0 aliphatic rings. The van der Waals surface area contributed by atoms with Crippen molar-refractivity contribution >= 4 is 38.3 Å². The Morgan fingerprint density at radius 1 is 1.50 bits per heavy atom. The van der Waals surface area contributed by atoms with Crippen LogP contribution in [0.1, 0.15) is 4.88 Å². The van der Waals surface area contributed by atoms with Gasteiger partial charge < -0.3 is 4.74 Å². The predicted octanol–water partition coefficient (Wildman–Crippen LogP) is 3.23. The number of carbonyl (C=O) groups excluding carboxylic acids is 1. The van der Waals surface area contributed by atoms with Crippen LogP contribution in [0.3, 0.4) is 0 Å². The number of carbonyl (C=O) groups is 1. The van der Waals surface area contributed by atoms with Gasteiger partial charge in [-0.25, -0.2) is 4.98 Å². The van der Waals surface area contributed by atoms with Gasteiger partial charge in [-0.3, -0.25) is 10.1 Å². The van der Waals surface area contributed by atoms with Crippen LogP contribution in [0.15, 0.2) is 34.9 Å². The summed E-state index contributed by atoms with van der Waals surface area (Å²) < 4.78 is 6.22. The quantitative estimate of drug-likeness (QED) is 0.938. The number of para-hydroxylation sites is 1. The van der Waals surface area contributed by atoms with Crippen molar-refractivity contribution in [1.82, 2.24) is 4.98 Å². The fourth-order valence-electron chi connectivity index (χ4n) is 1.27.